The third-order valence-electron chi connectivity index (χ3n) is 2.23. The predicted molar refractivity (Wildman–Crippen MR) is 54.3 cm³/mol. The summed E-state index contributed by atoms with van der Waals surface area (Å²) in [6, 6.07) is 1.82. The van der Waals surface area contributed by atoms with Crippen molar-refractivity contribution in [3.63, 3.8) is 0 Å². The molecule has 6 nitrogen and oxygen atoms in total. The van der Waals surface area contributed by atoms with Crippen LogP contribution < -0.4 is 5.56 Å². The molecule has 0 spiro atoms. The third kappa shape index (κ3) is 2.05. The van der Waals surface area contributed by atoms with E-state index >= 15 is 0 Å². The lowest BCUT2D eigenvalue weighted by Gasteiger charge is -1.95. The molecule has 2 rings (SSSR count). The first-order valence-corrected chi connectivity index (χ1v) is 4.69. The van der Waals surface area contributed by atoms with Gasteiger partial charge in [0.1, 0.15) is 6.42 Å². The monoisotopic (exact) mass is 222 g/mol. The SMILES string of the molecule is O=C(O)Cc1o[nH]c(=O)c1Cc1cc[nH]c1. The van der Waals surface area contributed by atoms with E-state index in [9.17, 15) is 9.59 Å². The van der Waals surface area contributed by atoms with Crippen molar-refractivity contribution in [2.45, 2.75) is 12.8 Å². The van der Waals surface area contributed by atoms with Gasteiger partial charge in [-0.3, -0.25) is 9.59 Å². The molecule has 16 heavy (non-hydrogen) atoms. The molecule has 2 aromatic heterocycles. The summed E-state index contributed by atoms with van der Waals surface area (Å²) in [6.45, 7) is 0. The highest BCUT2D eigenvalue weighted by Gasteiger charge is 2.16. The second-order valence-electron chi connectivity index (χ2n) is 3.40. The van der Waals surface area contributed by atoms with E-state index in [1.165, 1.54) is 0 Å². The van der Waals surface area contributed by atoms with E-state index < -0.39 is 5.97 Å². The summed E-state index contributed by atoms with van der Waals surface area (Å²) >= 11 is 0. The van der Waals surface area contributed by atoms with Crippen molar-refractivity contribution >= 4 is 5.97 Å². The normalized spacial score (nSPS) is 10.5. The van der Waals surface area contributed by atoms with Crippen molar-refractivity contribution in [3.05, 3.63) is 45.7 Å². The Bertz CT molecular complexity index is 535. The van der Waals surface area contributed by atoms with Crippen LogP contribution in [0.25, 0.3) is 0 Å². The van der Waals surface area contributed by atoms with Gasteiger partial charge in [-0.05, 0) is 11.6 Å². The van der Waals surface area contributed by atoms with E-state index in [2.05, 4.69) is 10.1 Å². The highest BCUT2D eigenvalue weighted by molar-refractivity contribution is 5.69. The molecule has 84 valence electrons. The molecule has 0 saturated heterocycles. The van der Waals surface area contributed by atoms with Crippen molar-refractivity contribution in [2.75, 3.05) is 0 Å². The van der Waals surface area contributed by atoms with Crippen molar-refractivity contribution in [2.24, 2.45) is 0 Å². The van der Waals surface area contributed by atoms with Gasteiger partial charge in [0.15, 0.2) is 5.76 Å². The molecule has 2 heterocycles. The van der Waals surface area contributed by atoms with E-state index in [-0.39, 0.29) is 17.7 Å². The Kier molecular flexibility index (Phi) is 2.63. The fourth-order valence-electron chi connectivity index (χ4n) is 1.49. The summed E-state index contributed by atoms with van der Waals surface area (Å²) in [7, 11) is 0. The van der Waals surface area contributed by atoms with Crippen LogP contribution in [0.4, 0.5) is 0 Å². The number of nitrogens with one attached hydrogen (secondary N) is 2. The van der Waals surface area contributed by atoms with Crippen LogP contribution in [0.3, 0.4) is 0 Å². The van der Waals surface area contributed by atoms with Crippen LogP contribution in [0.1, 0.15) is 16.9 Å². The number of aromatic amines is 2. The molecule has 0 aliphatic rings. The molecular weight excluding hydrogens is 212 g/mol. The summed E-state index contributed by atoms with van der Waals surface area (Å²) in [5, 5.41) is 10.8. The van der Waals surface area contributed by atoms with Crippen LogP contribution in [0.2, 0.25) is 0 Å². The van der Waals surface area contributed by atoms with Gasteiger partial charge in [0.2, 0.25) is 0 Å². The smallest absolute Gasteiger partial charge is 0.311 e. The van der Waals surface area contributed by atoms with Crippen molar-refractivity contribution in [1.29, 1.82) is 0 Å². The molecule has 2 aromatic rings. The number of hydrogen-bond acceptors (Lipinski definition) is 3. The van der Waals surface area contributed by atoms with Gasteiger partial charge in [-0.25, -0.2) is 0 Å². The highest BCUT2D eigenvalue weighted by Crippen LogP contribution is 2.10. The summed E-state index contributed by atoms with van der Waals surface area (Å²) in [4.78, 5) is 24.8. The van der Waals surface area contributed by atoms with Crippen LogP contribution in [0.5, 0.6) is 0 Å². The summed E-state index contributed by atoms with van der Waals surface area (Å²) < 4.78 is 4.83. The number of hydrogen-bond donors (Lipinski definition) is 3. The number of aromatic nitrogens is 2. The van der Waals surface area contributed by atoms with E-state index in [0.29, 0.717) is 12.0 Å². The minimum Gasteiger partial charge on any atom is -0.481 e. The largest absolute Gasteiger partial charge is 0.481 e. The number of H-pyrrole nitrogens is 2. The fourth-order valence-corrected chi connectivity index (χ4v) is 1.49. The molecule has 0 aromatic carbocycles. The predicted octanol–water partition coefficient (Wildman–Crippen LogP) is 0.514. The molecule has 0 unspecified atom stereocenters. The Labute approximate surface area is 89.9 Å². The molecule has 0 fully saturated rings. The van der Waals surface area contributed by atoms with Crippen molar-refractivity contribution < 1.29 is 14.4 Å². The van der Waals surface area contributed by atoms with Gasteiger partial charge in [0.05, 0.1) is 5.56 Å². The maximum Gasteiger partial charge on any atom is 0.311 e. The minimum atomic E-state index is -1.03. The summed E-state index contributed by atoms with van der Waals surface area (Å²) in [5.41, 5.74) is 0.887. The number of carbonyl (C=O) groups is 1. The zero-order valence-electron chi connectivity index (χ0n) is 8.32. The average Bonchev–Trinajstić information content (AvgIpc) is 2.82. The zero-order chi connectivity index (χ0) is 11.5. The van der Waals surface area contributed by atoms with Gasteiger partial charge >= 0.3 is 5.97 Å². The van der Waals surface area contributed by atoms with E-state index in [4.69, 9.17) is 9.63 Å². The first-order valence-electron chi connectivity index (χ1n) is 4.69. The van der Waals surface area contributed by atoms with Crippen LogP contribution in [0.15, 0.2) is 27.8 Å². The Morgan fingerprint density at radius 2 is 2.31 bits per heavy atom. The lowest BCUT2D eigenvalue weighted by molar-refractivity contribution is -0.136. The number of rotatable bonds is 4. The third-order valence-corrected chi connectivity index (χ3v) is 2.23. The first-order chi connectivity index (χ1) is 7.66. The Balaban J connectivity index is 2.28. The van der Waals surface area contributed by atoms with Gasteiger partial charge in [0.25, 0.3) is 5.56 Å². The number of aliphatic carboxylic acids is 1. The van der Waals surface area contributed by atoms with Crippen LogP contribution in [-0.2, 0) is 17.6 Å². The molecule has 6 heteroatoms. The first kappa shape index (κ1) is 10.3. The highest BCUT2D eigenvalue weighted by atomic mass is 16.5. The van der Waals surface area contributed by atoms with E-state index in [1.54, 1.807) is 12.4 Å². The summed E-state index contributed by atoms with van der Waals surface area (Å²) in [6.07, 6.45) is 3.55. The zero-order valence-corrected chi connectivity index (χ0v) is 8.32. The summed E-state index contributed by atoms with van der Waals surface area (Å²) in [5.74, 6) is -0.850. The van der Waals surface area contributed by atoms with E-state index in [1.807, 2.05) is 6.07 Å². The van der Waals surface area contributed by atoms with Crippen LogP contribution in [0, 0.1) is 0 Å². The number of carboxylic acid groups (broad SMARTS) is 1. The molecule has 0 bridgehead atoms. The lowest BCUT2D eigenvalue weighted by atomic mass is 10.1. The van der Waals surface area contributed by atoms with Crippen LogP contribution in [-0.4, -0.2) is 21.2 Å². The maximum absolute atomic E-state index is 11.4. The second-order valence-corrected chi connectivity index (χ2v) is 3.40. The molecule has 0 radical (unpaired) electrons. The second kappa shape index (κ2) is 4.09. The molecule has 0 saturated carbocycles. The Morgan fingerprint density at radius 3 is 2.94 bits per heavy atom. The molecule has 0 atom stereocenters. The molecule has 0 aliphatic heterocycles. The number of carboxylic acids is 1. The molecule has 3 N–H and O–H groups in total. The van der Waals surface area contributed by atoms with Gasteiger partial charge in [-0.15, -0.1) is 0 Å². The van der Waals surface area contributed by atoms with E-state index in [0.717, 1.165) is 5.56 Å². The fraction of sp³-hybridized carbons (Fsp3) is 0.200. The Morgan fingerprint density at radius 1 is 1.50 bits per heavy atom. The standard InChI is InChI=1S/C10H10N2O4/c13-9(14)4-8-7(10(15)12-16-8)3-6-1-2-11-5-6/h1-2,5,11H,3-4H2,(H,12,15)(H,13,14). The lowest BCUT2D eigenvalue weighted by Crippen LogP contribution is -2.09. The minimum absolute atomic E-state index is 0.179. The average molecular weight is 222 g/mol. The van der Waals surface area contributed by atoms with Gasteiger partial charge < -0.3 is 14.6 Å². The maximum atomic E-state index is 11.4. The Hall–Kier alpha value is -2.24. The van der Waals surface area contributed by atoms with Gasteiger partial charge in [-0.1, -0.05) is 0 Å². The van der Waals surface area contributed by atoms with Crippen molar-refractivity contribution in [3.8, 4) is 0 Å². The van der Waals surface area contributed by atoms with Crippen LogP contribution >= 0.6 is 0 Å². The molecule has 0 amide bonds. The van der Waals surface area contributed by atoms with Gasteiger partial charge in [0, 0.05) is 18.8 Å². The molecular formula is C10H10N2O4. The molecule has 0 aliphatic carbocycles. The van der Waals surface area contributed by atoms with Crippen molar-refractivity contribution in [1.82, 2.24) is 10.1 Å². The van der Waals surface area contributed by atoms with Gasteiger partial charge in [-0.2, -0.15) is 5.16 Å². The quantitative estimate of drug-likeness (QED) is 0.701. The topological polar surface area (TPSA) is 99.1 Å².